The van der Waals surface area contributed by atoms with E-state index in [1.807, 2.05) is 0 Å². The normalized spacial score (nSPS) is 10.6. The minimum atomic E-state index is -1.24. The van der Waals surface area contributed by atoms with Gasteiger partial charge in [-0.05, 0) is 39.5 Å². The lowest BCUT2D eigenvalue weighted by atomic mass is 9.78. The first-order valence-electron chi connectivity index (χ1n) is 6.65. The van der Waals surface area contributed by atoms with Gasteiger partial charge in [0, 0.05) is 0 Å². The molecule has 0 radical (unpaired) electrons. The third-order valence-corrected chi connectivity index (χ3v) is 2.88. The summed E-state index contributed by atoms with van der Waals surface area (Å²) in [5.74, 6) is -1.03. The van der Waals surface area contributed by atoms with Gasteiger partial charge in [0.1, 0.15) is 0 Å². The number of carbonyl (C=O) groups excluding carboxylic acids is 2. The van der Waals surface area contributed by atoms with E-state index in [1.165, 1.54) is 0 Å². The molecule has 0 aromatic rings. The molecule has 0 saturated heterocycles. The molecule has 0 fully saturated rings. The summed E-state index contributed by atoms with van der Waals surface area (Å²) < 4.78 is 10.1. The van der Waals surface area contributed by atoms with Crippen LogP contribution in [0.2, 0.25) is 0 Å². The molecule has 0 amide bonds. The second-order valence-corrected chi connectivity index (χ2v) is 4.18. The summed E-state index contributed by atoms with van der Waals surface area (Å²) in [6, 6.07) is 0. The quantitative estimate of drug-likeness (QED) is 0.347. The molecule has 0 aliphatic rings. The lowest BCUT2D eigenvalue weighted by Gasteiger charge is -2.28. The summed E-state index contributed by atoms with van der Waals surface area (Å²) in [5.41, 5.74) is -1.24. The Morgan fingerprint density at radius 1 is 0.947 bits per heavy atom. The number of esters is 2. The van der Waals surface area contributed by atoms with Crippen LogP contribution in [0.15, 0.2) is 25.3 Å². The maximum absolute atomic E-state index is 12.2. The van der Waals surface area contributed by atoms with Crippen molar-refractivity contribution in [1.82, 2.24) is 0 Å². The average Bonchev–Trinajstić information content (AvgIpc) is 2.40. The standard InChI is InChI=1S/C15H24O4/c1-5-9-11-15(12-10-6-2,13(16)18-7-3)14(17)19-8-4/h5-6H,1-2,7-12H2,3-4H3. The fourth-order valence-electron chi connectivity index (χ4n) is 1.85. The van der Waals surface area contributed by atoms with Gasteiger partial charge < -0.3 is 9.47 Å². The van der Waals surface area contributed by atoms with Crippen LogP contribution in [0.3, 0.4) is 0 Å². The highest BCUT2D eigenvalue weighted by molar-refractivity contribution is 6.00. The Balaban J connectivity index is 5.27. The Kier molecular flexibility index (Phi) is 8.58. The molecular formula is C15H24O4. The van der Waals surface area contributed by atoms with Crippen molar-refractivity contribution in [3.8, 4) is 0 Å². The van der Waals surface area contributed by atoms with Gasteiger partial charge in [-0.15, -0.1) is 13.2 Å². The molecule has 0 rings (SSSR count). The van der Waals surface area contributed by atoms with E-state index in [2.05, 4.69) is 13.2 Å². The van der Waals surface area contributed by atoms with Gasteiger partial charge in [-0.3, -0.25) is 9.59 Å². The van der Waals surface area contributed by atoms with E-state index in [0.29, 0.717) is 25.7 Å². The largest absolute Gasteiger partial charge is 0.465 e. The highest BCUT2D eigenvalue weighted by Crippen LogP contribution is 2.34. The van der Waals surface area contributed by atoms with Crippen LogP contribution < -0.4 is 0 Å². The van der Waals surface area contributed by atoms with E-state index in [1.54, 1.807) is 26.0 Å². The molecule has 0 unspecified atom stereocenters. The predicted molar refractivity (Wildman–Crippen MR) is 74.6 cm³/mol. The lowest BCUT2D eigenvalue weighted by molar-refractivity contribution is -0.173. The Morgan fingerprint density at radius 3 is 1.58 bits per heavy atom. The number of hydrogen-bond acceptors (Lipinski definition) is 4. The molecule has 0 saturated carbocycles. The summed E-state index contributed by atoms with van der Waals surface area (Å²) in [6.07, 6.45) is 5.16. The highest BCUT2D eigenvalue weighted by Gasteiger charge is 2.47. The molecule has 0 atom stereocenters. The summed E-state index contributed by atoms with van der Waals surface area (Å²) in [6.45, 7) is 11.2. The number of allylic oxidation sites excluding steroid dienone is 2. The van der Waals surface area contributed by atoms with Crippen LogP contribution in [0.25, 0.3) is 0 Å². The lowest BCUT2D eigenvalue weighted by Crippen LogP contribution is -2.42. The molecule has 19 heavy (non-hydrogen) atoms. The maximum Gasteiger partial charge on any atom is 0.323 e. The van der Waals surface area contributed by atoms with E-state index >= 15 is 0 Å². The molecular weight excluding hydrogens is 244 g/mol. The first-order chi connectivity index (χ1) is 9.08. The van der Waals surface area contributed by atoms with Crippen LogP contribution in [-0.2, 0) is 19.1 Å². The highest BCUT2D eigenvalue weighted by atomic mass is 16.6. The van der Waals surface area contributed by atoms with Crippen molar-refractivity contribution in [2.75, 3.05) is 13.2 Å². The van der Waals surface area contributed by atoms with E-state index in [4.69, 9.17) is 9.47 Å². The van der Waals surface area contributed by atoms with Crippen molar-refractivity contribution in [1.29, 1.82) is 0 Å². The molecule has 0 aliphatic heterocycles. The van der Waals surface area contributed by atoms with Gasteiger partial charge in [0.15, 0.2) is 5.41 Å². The summed E-state index contributed by atoms with van der Waals surface area (Å²) in [7, 11) is 0. The number of hydrogen-bond donors (Lipinski definition) is 0. The SMILES string of the molecule is C=CCCC(CCC=C)(C(=O)OCC)C(=O)OCC. The molecule has 0 spiro atoms. The van der Waals surface area contributed by atoms with Crippen LogP contribution in [0.1, 0.15) is 39.5 Å². The molecule has 0 N–H and O–H groups in total. The van der Waals surface area contributed by atoms with Crippen LogP contribution in [0.5, 0.6) is 0 Å². The van der Waals surface area contributed by atoms with Crippen molar-refractivity contribution in [2.24, 2.45) is 5.41 Å². The number of carbonyl (C=O) groups is 2. The van der Waals surface area contributed by atoms with E-state index in [9.17, 15) is 9.59 Å². The Hall–Kier alpha value is -1.58. The zero-order chi connectivity index (χ0) is 14.7. The molecule has 0 aromatic heterocycles. The van der Waals surface area contributed by atoms with Gasteiger partial charge in [0.25, 0.3) is 0 Å². The number of rotatable bonds is 10. The molecule has 0 bridgehead atoms. The zero-order valence-electron chi connectivity index (χ0n) is 11.9. The van der Waals surface area contributed by atoms with Gasteiger partial charge in [-0.1, -0.05) is 12.2 Å². The van der Waals surface area contributed by atoms with Crippen LogP contribution in [0.4, 0.5) is 0 Å². The van der Waals surface area contributed by atoms with Gasteiger partial charge in [0.2, 0.25) is 0 Å². The summed E-state index contributed by atoms with van der Waals surface area (Å²) in [5, 5.41) is 0. The van der Waals surface area contributed by atoms with E-state index in [-0.39, 0.29) is 13.2 Å². The molecule has 0 aliphatic carbocycles. The first-order valence-corrected chi connectivity index (χ1v) is 6.65. The third kappa shape index (κ3) is 4.89. The van der Waals surface area contributed by atoms with Crippen LogP contribution in [-0.4, -0.2) is 25.2 Å². The monoisotopic (exact) mass is 268 g/mol. The maximum atomic E-state index is 12.2. The van der Waals surface area contributed by atoms with Gasteiger partial charge in [0.05, 0.1) is 13.2 Å². The van der Waals surface area contributed by atoms with Crippen molar-refractivity contribution < 1.29 is 19.1 Å². The Labute approximate surface area is 115 Å². The molecule has 0 heterocycles. The van der Waals surface area contributed by atoms with Crippen molar-refractivity contribution >= 4 is 11.9 Å². The van der Waals surface area contributed by atoms with E-state index < -0.39 is 17.4 Å². The third-order valence-electron chi connectivity index (χ3n) is 2.88. The minimum absolute atomic E-state index is 0.238. The van der Waals surface area contributed by atoms with Crippen molar-refractivity contribution in [3.63, 3.8) is 0 Å². The van der Waals surface area contributed by atoms with Gasteiger partial charge in [-0.2, -0.15) is 0 Å². The van der Waals surface area contributed by atoms with Crippen molar-refractivity contribution in [2.45, 2.75) is 39.5 Å². The summed E-state index contributed by atoms with van der Waals surface area (Å²) >= 11 is 0. The number of ether oxygens (including phenoxy) is 2. The second-order valence-electron chi connectivity index (χ2n) is 4.18. The minimum Gasteiger partial charge on any atom is -0.465 e. The van der Waals surface area contributed by atoms with Crippen LogP contribution >= 0.6 is 0 Å². The first kappa shape index (κ1) is 17.4. The zero-order valence-corrected chi connectivity index (χ0v) is 11.9. The molecule has 0 aromatic carbocycles. The average molecular weight is 268 g/mol. The topological polar surface area (TPSA) is 52.6 Å². The smallest absolute Gasteiger partial charge is 0.323 e. The molecule has 4 heteroatoms. The second kappa shape index (κ2) is 9.36. The van der Waals surface area contributed by atoms with E-state index in [0.717, 1.165) is 0 Å². The molecule has 108 valence electrons. The van der Waals surface area contributed by atoms with Gasteiger partial charge in [-0.25, -0.2) is 0 Å². The fraction of sp³-hybridized carbons (Fsp3) is 0.600. The summed E-state index contributed by atoms with van der Waals surface area (Å²) in [4.78, 5) is 24.4. The molecule has 4 nitrogen and oxygen atoms in total. The van der Waals surface area contributed by atoms with Crippen molar-refractivity contribution in [3.05, 3.63) is 25.3 Å². The fourth-order valence-corrected chi connectivity index (χ4v) is 1.85. The Morgan fingerprint density at radius 2 is 1.32 bits per heavy atom. The Bertz CT molecular complexity index is 288. The predicted octanol–water partition coefficient (Wildman–Crippen LogP) is 3.03. The van der Waals surface area contributed by atoms with Gasteiger partial charge >= 0.3 is 11.9 Å². The van der Waals surface area contributed by atoms with Crippen LogP contribution in [0, 0.1) is 5.41 Å².